The van der Waals surface area contributed by atoms with Gasteiger partial charge in [0.05, 0.1) is 5.56 Å². The van der Waals surface area contributed by atoms with E-state index in [2.05, 4.69) is 5.32 Å². The van der Waals surface area contributed by atoms with E-state index in [0.29, 0.717) is 10.8 Å². The van der Waals surface area contributed by atoms with E-state index in [1.807, 2.05) is 13.0 Å². The number of anilines is 1. The van der Waals surface area contributed by atoms with Crippen molar-refractivity contribution in [3.05, 3.63) is 75.7 Å². The van der Waals surface area contributed by atoms with Gasteiger partial charge < -0.3 is 9.88 Å². The molecule has 0 spiro atoms. The standard InChI is InChI=1S/C19H15F3N2O2/c1-11-6-7-12-9-16(24(2)18(26)15(12)8-11)17(25)23-14-5-3-4-13(10-14)19(20,21)22/h3-10H,1-2H3,(H,23,25). The van der Waals surface area contributed by atoms with Gasteiger partial charge in [0.1, 0.15) is 5.69 Å². The van der Waals surface area contributed by atoms with E-state index in [-0.39, 0.29) is 16.9 Å². The quantitative estimate of drug-likeness (QED) is 0.747. The summed E-state index contributed by atoms with van der Waals surface area (Å²) in [6.07, 6.45) is -4.51. The largest absolute Gasteiger partial charge is 0.416 e. The van der Waals surface area contributed by atoms with E-state index in [1.165, 1.54) is 23.7 Å². The van der Waals surface area contributed by atoms with Gasteiger partial charge in [-0.1, -0.05) is 23.8 Å². The number of aryl methyl sites for hydroxylation is 1. The van der Waals surface area contributed by atoms with Crippen LogP contribution in [0.2, 0.25) is 0 Å². The maximum atomic E-state index is 12.8. The molecule has 1 aromatic heterocycles. The van der Waals surface area contributed by atoms with Gasteiger partial charge in [0.25, 0.3) is 11.5 Å². The van der Waals surface area contributed by atoms with Crippen molar-refractivity contribution in [1.29, 1.82) is 0 Å². The van der Waals surface area contributed by atoms with Gasteiger partial charge in [-0.25, -0.2) is 0 Å². The number of nitrogens with one attached hydrogen (secondary N) is 1. The van der Waals surface area contributed by atoms with Crippen LogP contribution in [0.3, 0.4) is 0 Å². The van der Waals surface area contributed by atoms with Gasteiger partial charge >= 0.3 is 6.18 Å². The molecule has 0 bridgehead atoms. The number of pyridine rings is 1. The molecule has 0 fully saturated rings. The minimum atomic E-state index is -4.51. The Morgan fingerprint density at radius 3 is 2.50 bits per heavy atom. The lowest BCUT2D eigenvalue weighted by atomic mass is 10.1. The molecule has 0 radical (unpaired) electrons. The van der Waals surface area contributed by atoms with Gasteiger partial charge in [-0.05, 0) is 42.6 Å². The van der Waals surface area contributed by atoms with Crippen LogP contribution in [0.5, 0.6) is 0 Å². The van der Waals surface area contributed by atoms with Crippen molar-refractivity contribution < 1.29 is 18.0 Å². The Hall–Kier alpha value is -3.09. The molecule has 0 saturated carbocycles. The fraction of sp³-hybridized carbons (Fsp3) is 0.158. The van der Waals surface area contributed by atoms with Crippen LogP contribution >= 0.6 is 0 Å². The molecule has 2 aromatic carbocycles. The van der Waals surface area contributed by atoms with Crippen molar-refractivity contribution in [2.75, 3.05) is 5.32 Å². The zero-order chi connectivity index (χ0) is 19.1. The molecule has 26 heavy (non-hydrogen) atoms. The van der Waals surface area contributed by atoms with Crippen LogP contribution in [0.15, 0.2) is 53.3 Å². The maximum absolute atomic E-state index is 12.8. The van der Waals surface area contributed by atoms with Crippen LogP contribution in [0, 0.1) is 6.92 Å². The SMILES string of the molecule is Cc1ccc2cc(C(=O)Nc3cccc(C(F)(F)F)c3)n(C)c(=O)c2c1. The van der Waals surface area contributed by atoms with E-state index in [4.69, 9.17) is 0 Å². The summed E-state index contributed by atoms with van der Waals surface area (Å²) in [6, 6.07) is 11.1. The molecule has 0 aliphatic carbocycles. The van der Waals surface area contributed by atoms with Crippen LogP contribution in [0.25, 0.3) is 10.8 Å². The first-order chi connectivity index (χ1) is 12.2. The van der Waals surface area contributed by atoms with Crippen molar-refractivity contribution in [3.63, 3.8) is 0 Å². The summed E-state index contributed by atoms with van der Waals surface area (Å²) >= 11 is 0. The van der Waals surface area contributed by atoms with E-state index in [0.717, 1.165) is 17.7 Å². The summed E-state index contributed by atoms with van der Waals surface area (Å²) in [5.74, 6) is -0.661. The molecule has 0 unspecified atom stereocenters. The molecule has 0 aliphatic rings. The maximum Gasteiger partial charge on any atom is 0.416 e. The molecule has 3 rings (SSSR count). The lowest BCUT2D eigenvalue weighted by molar-refractivity contribution is -0.137. The van der Waals surface area contributed by atoms with E-state index < -0.39 is 17.6 Å². The van der Waals surface area contributed by atoms with E-state index in [9.17, 15) is 22.8 Å². The molecule has 0 atom stereocenters. The number of nitrogens with zero attached hydrogens (tertiary/aromatic N) is 1. The highest BCUT2D eigenvalue weighted by Gasteiger charge is 2.30. The Bertz CT molecular complexity index is 1070. The number of fused-ring (bicyclic) bond motifs is 1. The predicted octanol–water partition coefficient (Wildman–Crippen LogP) is 4.12. The summed E-state index contributed by atoms with van der Waals surface area (Å²) in [7, 11) is 1.45. The molecular weight excluding hydrogens is 345 g/mol. The van der Waals surface area contributed by atoms with Gasteiger partial charge in [0, 0.05) is 18.1 Å². The van der Waals surface area contributed by atoms with Gasteiger partial charge in [-0.2, -0.15) is 13.2 Å². The Morgan fingerprint density at radius 2 is 1.81 bits per heavy atom. The Labute approximate surface area is 146 Å². The zero-order valence-corrected chi connectivity index (χ0v) is 14.0. The van der Waals surface area contributed by atoms with Crippen molar-refractivity contribution >= 4 is 22.4 Å². The molecular formula is C19H15F3N2O2. The number of alkyl halides is 3. The molecule has 1 N–H and O–H groups in total. The fourth-order valence-electron chi connectivity index (χ4n) is 2.70. The Morgan fingerprint density at radius 1 is 1.08 bits per heavy atom. The average molecular weight is 360 g/mol. The van der Waals surface area contributed by atoms with Gasteiger partial charge in [0.15, 0.2) is 0 Å². The second-order valence-electron chi connectivity index (χ2n) is 6.02. The minimum Gasteiger partial charge on any atom is -0.321 e. The molecule has 134 valence electrons. The summed E-state index contributed by atoms with van der Waals surface area (Å²) in [6.45, 7) is 1.85. The van der Waals surface area contributed by atoms with Crippen molar-refractivity contribution in [2.24, 2.45) is 7.05 Å². The first kappa shape index (κ1) is 17.7. The van der Waals surface area contributed by atoms with Crippen molar-refractivity contribution in [2.45, 2.75) is 13.1 Å². The van der Waals surface area contributed by atoms with Gasteiger partial charge in [-0.15, -0.1) is 0 Å². The van der Waals surface area contributed by atoms with Crippen LogP contribution in [-0.4, -0.2) is 10.5 Å². The lowest BCUT2D eigenvalue weighted by Crippen LogP contribution is -2.26. The fourth-order valence-corrected chi connectivity index (χ4v) is 2.70. The topological polar surface area (TPSA) is 51.1 Å². The summed E-state index contributed by atoms with van der Waals surface area (Å²) in [4.78, 5) is 25.0. The van der Waals surface area contributed by atoms with Gasteiger partial charge in [-0.3, -0.25) is 9.59 Å². The summed E-state index contributed by atoms with van der Waals surface area (Å²) in [5, 5.41) is 3.48. The molecule has 7 heteroatoms. The molecule has 0 saturated heterocycles. The smallest absolute Gasteiger partial charge is 0.321 e. The molecule has 1 amide bonds. The monoisotopic (exact) mass is 360 g/mol. The number of hydrogen-bond acceptors (Lipinski definition) is 2. The van der Waals surface area contributed by atoms with Crippen LogP contribution in [0.4, 0.5) is 18.9 Å². The highest BCUT2D eigenvalue weighted by molar-refractivity contribution is 6.05. The number of hydrogen-bond donors (Lipinski definition) is 1. The average Bonchev–Trinajstić information content (AvgIpc) is 2.58. The number of rotatable bonds is 2. The number of benzene rings is 2. The van der Waals surface area contributed by atoms with E-state index in [1.54, 1.807) is 18.2 Å². The molecule has 0 aliphatic heterocycles. The highest BCUT2D eigenvalue weighted by Crippen LogP contribution is 2.30. The third-order valence-electron chi connectivity index (χ3n) is 4.08. The van der Waals surface area contributed by atoms with Crippen LogP contribution in [-0.2, 0) is 13.2 Å². The second-order valence-corrected chi connectivity index (χ2v) is 6.02. The van der Waals surface area contributed by atoms with Gasteiger partial charge in [0.2, 0.25) is 0 Å². The Balaban J connectivity index is 2.00. The number of carbonyl (C=O) groups is 1. The number of carbonyl (C=O) groups excluding carboxylic acids is 1. The molecule has 3 aromatic rings. The predicted molar refractivity (Wildman–Crippen MR) is 93.3 cm³/mol. The van der Waals surface area contributed by atoms with Crippen LogP contribution < -0.4 is 10.9 Å². The number of amides is 1. The first-order valence-electron chi connectivity index (χ1n) is 7.76. The van der Waals surface area contributed by atoms with E-state index >= 15 is 0 Å². The number of halogens is 3. The van der Waals surface area contributed by atoms with Crippen molar-refractivity contribution in [1.82, 2.24) is 4.57 Å². The summed E-state index contributed by atoms with van der Waals surface area (Å²) < 4.78 is 39.6. The third kappa shape index (κ3) is 3.33. The zero-order valence-electron chi connectivity index (χ0n) is 14.0. The second kappa shape index (κ2) is 6.33. The highest BCUT2D eigenvalue weighted by atomic mass is 19.4. The lowest BCUT2D eigenvalue weighted by Gasteiger charge is -2.12. The third-order valence-corrected chi connectivity index (χ3v) is 4.08. The first-order valence-corrected chi connectivity index (χ1v) is 7.76. The molecule has 4 nitrogen and oxygen atoms in total. The van der Waals surface area contributed by atoms with Crippen LogP contribution in [0.1, 0.15) is 21.6 Å². The molecule has 1 heterocycles. The minimum absolute atomic E-state index is 0.00118. The normalized spacial score (nSPS) is 11.6. The Kier molecular flexibility index (Phi) is 4.31. The number of aromatic nitrogens is 1. The summed E-state index contributed by atoms with van der Waals surface area (Å²) in [5.41, 5.74) is -0.237. The van der Waals surface area contributed by atoms with Crippen molar-refractivity contribution in [3.8, 4) is 0 Å².